The van der Waals surface area contributed by atoms with Gasteiger partial charge >= 0.3 is 0 Å². The smallest absolute Gasteiger partial charge is 0.105 e. The molecule has 0 bridgehead atoms. The van der Waals surface area contributed by atoms with Gasteiger partial charge < -0.3 is 20.6 Å². The molecule has 27 heavy (non-hydrogen) atoms. The fraction of sp³-hybridized carbons (Fsp3) is 0.650. The number of nitrogens with one attached hydrogen (secondary N) is 2. The summed E-state index contributed by atoms with van der Waals surface area (Å²) in [4.78, 5) is 4.84. The van der Waals surface area contributed by atoms with Crippen LogP contribution < -0.4 is 5.32 Å². The largest absolute Gasteiger partial charge is 0.391 e. The third kappa shape index (κ3) is 4.77. The van der Waals surface area contributed by atoms with Crippen molar-refractivity contribution in [2.75, 3.05) is 38.2 Å². The molecule has 3 rings (SSSR count). The molecular formula is C20H31N3O2S2. The lowest BCUT2D eigenvalue weighted by atomic mass is 9.82. The Labute approximate surface area is 170 Å². The molecular weight excluding hydrogens is 378 g/mol. The zero-order valence-electron chi connectivity index (χ0n) is 16.3. The minimum Gasteiger partial charge on any atom is -0.391 e. The molecule has 1 saturated heterocycles. The molecule has 0 aliphatic carbocycles. The first-order chi connectivity index (χ1) is 13.1. The summed E-state index contributed by atoms with van der Waals surface area (Å²) in [6, 6.07) is 2.55. The Kier molecular flexibility index (Phi) is 7.39. The fourth-order valence-corrected chi connectivity index (χ4v) is 5.69. The monoisotopic (exact) mass is 409 g/mol. The average Bonchev–Trinajstić information content (AvgIpc) is 3.11. The second-order valence-electron chi connectivity index (χ2n) is 7.40. The van der Waals surface area contributed by atoms with E-state index in [0.29, 0.717) is 6.04 Å². The van der Waals surface area contributed by atoms with Crippen LogP contribution in [0.25, 0.3) is 0 Å². The van der Waals surface area contributed by atoms with Gasteiger partial charge in [0.15, 0.2) is 0 Å². The summed E-state index contributed by atoms with van der Waals surface area (Å²) < 4.78 is 6.36. The predicted octanol–water partition coefficient (Wildman–Crippen LogP) is 2.98. The van der Waals surface area contributed by atoms with Crippen LogP contribution in [0.4, 0.5) is 0 Å². The first kappa shape index (κ1) is 20.9. The van der Waals surface area contributed by atoms with Gasteiger partial charge in [0, 0.05) is 53.6 Å². The third-order valence-electron chi connectivity index (χ3n) is 5.54. The Morgan fingerprint density at radius 3 is 3.15 bits per heavy atom. The van der Waals surface area contributed by atoms with E-state index in [1.807, 2.05) is 18.0 Å². The van der Waals surface area contributed by atoms with Gasteiger partial charge in [0.2, 0.25) is 0 Å². The van der Waals surface area contributed by atoms with Crippen LogP contribution in [-0.2, 0) is 23.4 Å². The van der Waals surface area contributed by atoms with E-state index in [0.717, 1.165) is 61.7 Å². The van der Waals surface area contributed by atoms with Crippen molar-refractivity contribution in [3.63, 3.8) is 0 Å². The van der Waals surface area contributed by atoms with Crippen molar-refractivity contribution < 1.29 is 9.84 Å². The topological polar surface area (TPSA) is 68.6 Å². The van der Waals surface area contributed by atoms with Crippen LogP contribution in [0.5, 0.6) is 0 Å². The number of thioether (sulfide) groups is 1. The minimum absolute atomic E-state index is 0.118. The third-order valence-corrected chi connectivity index (χ3v) is 7.50. The van der Waals surface area contributed by atoms with Gasteiger partial charge in [-0.1, -0.05) is 0 Å². The fourth-order valence-electron chi connectivity index (χ4n) is 4.11. The average molecular weight is 410 g/mol. The molecule has 1 aromatic rings. The van der Waals surface area contributed by atoms with Crippen molar-refractivity contribution in [1.82, 2.24) is 10.2 Å². The molecule has 2 atom stereocenters. The van der Waals surface area contributed by atoms with Gasteiger partial charge in [0.05, 0.1) is 13.2 Å². The number of rotatable bonds is 8. The van der Waals surface area contributed by atoms with Gasteiger partial charge in [-0.25, -0.2) is 0 Å². The van der Waals surface area contributed by atoms with Crippen LogP contribution in [0.1, 0.15) is 35.1 Å². The van der Waals surface area contributed by atoms with E-state index in [1.165, 1.54) is 16.7 Å². The van der Waals surface area contributed by atoms with E-state index >= 15 is 0 Å². The Balaban J connectivity index is 1.66. The lowest BCUT2D eigenvalue weighted by Crippen LogP contribution is -2.50. The minimum atomic E-state index is -0.188. The lowest BCUT2D eigenvalue weighted by Gasteiger charge is -2.47. The highest BCUT2D eigenvalue weighted by Gasteiger charge is 2.44. The van der Waals surface area contributed by atoms with Crippen molar-refractivity contribution in [2.45, 2.75) is 44.4 Å². The Morgan fingerprint density at radius 2 is 2.44 bits per heavy atom. The predicted molar refractivity (Wildman–Crippen MR) is 115 cm³/mol. The summed E-state index contributed by atoms with van der Waals surface area (Å²) in [7, 11) is 0. The Bertz CT molecular complexity index is 676. The highest BCUT2D eigenvalue weighted by molar-refractivity contribution is 7.98. The first-order valence-corrected chi connectivity index (χ1v) is 11.9. The van der Waals surface area contributed by atoms with E-state index < -0.39 is 0 Å². The molecule has 1 fully saturated rings. The highest BCUT2D eigenvalue weighted by Crippen LogP contribution is 2.47. The molecule has 0 saturated carbocycles. The zero-order valence-corrected chi connectivity index (χ0v) is 17.9. The number of fused-ring (bicyclic) bond motifs is 2. The summed E-state index contributed by atoms with van der Waals surface area (Å²) in [6.07, 6.45) is 8.45. The van der Waals surface area contributed by atoms with Gasteiger partial charge in [0.25, 0.3) is 0 Å². The number of aliphatic hydroxyl groups excluding tert-OH is 1. The maximum atomic E-state index is 9.53. The van der Waals surface area contributed by atoms with E-state index in [4.69, 9.17) is 10.1 Å². The van der Waals surface area contributed by atoms with Crippen LogP contribution in [0.2, 0.25) is 0 Å². The van der Waals surface area contributed by atoms with Gasteiger partial charge in [0.1, 0.15) is 5.60 Å². The molecule has 1 spiro atoms. The molecule has 0 amide bonds. The molecule has 150 valence electrons. The second kappa shape index (κ2) is 9.56. The van der Waals surface area contributed by atoms with Crippen molar-refractivity contribution in [3.8, 4) is 0 Å². The highest BCUT2D eigenvalue weighted by atomic mass is 32.2. The maximum Gasteiger partial charge on any atom is 0.105 e. The van der Waals surface area contributed by atoms with Gasteiger partial charge in [-0.05, 0) is 49.6 Å². The number of ether oxygens (including phenoxy) is 1. The quantitative estimate of drug-likeness (QED) is 0.455. The SMILES string of the molecule is CSCCN/C=C(\C=N)CN1CCC2(C[C@@H]1C)OCCc1cc(CO)sc12. The molecule has 5 nitrogen and oxygen atoms in total. The Hall–Kier alpha value is -0.860. The number of hydrogen-bond donors (Lipinski definition) is 3. The van der Waals surface area contributed by atoms with Crippen molar-refractivity contribution in [1.29, 1.82) is 5.41 Å². The summed E-state index contributed by atoms with van der Waals surface area (Å²) in [5.74, 6) is 1.07. The normalized spacial score (nSPS) is 26.2. The number of nitrogens with zero attached hydrogens (tertiary/aromatic N) is 1. The molecule has 2 aliphatic rings. The number of piperidine rings is 1. The van der Waals surface area contributed by atoms with Gasteiger partial charge in [-0.15, -0.1) is 11.3 Å². The summed E-state index contributed by atoms with van der Waals surface area (Å²) in [5, 5.41) is 20.6. The molecule has 1 unspecified atom stereocenters. The number of hydrogen-bond acceptors (Lipinski definition) is 7. The van der Waals surface area contributed by atoms with Gasteiger partial charge in [-0.2, -0.15) is 11.8 Å². The maximum absolute atomic E-state index is 9.53. The van der Waals surface area contributed by atoms with Crippen LogP contribution in [-0.4, -0.2) is 60.5 Å². The van der Waals surface area contributed by atoms with Crippen LogP contribution in [0.15, 0.2) is 17.8 Å². The van der Waals surface area contributed by atoms with Crippen molar-refractivity contribution in [2.24, 2.45) is 0 Å². The molecule has 1 aromatic heterocycles. The summed E-state index contributed by atoms with van der Waals surface area (Å²) in [5.41, 5.74) is 2.20. The number of likely N-dealkylation sites (tertiary alicyclic amines) is 1. The van der Waals surface area contributed by atoms with Gasteiger partial charge in [-0.3, -0.25) is 4.90 Å². The van der Waals surface area contributed by atoms with E-state index in [-0.39, 0.29) is 12.2 Å². The number of thiophene rings is 1. The molecule has 3 heterocycles. The van der Waals surface area contributed by atoms with Crippen LogP contribution in [0.3, 0.4) is 0 Å². The molecule has 0 radical (unpaired) electrons. The first-order valence-electron chi connectivity index (χ1n) is 9.64. The molecule has 3 N–H and O–H groups in total. The van der Waals surface area contributed by atoms with Crippen LogP contribution in [0, 0.1) is 5.41 Å². The van der Waals surface area contributed by atoms with E-state index in [2.05, 4.69) is 29.5 Å². The number of aliphatic hydroxyl groups is 1. The molecule has 7 heteroatoms. The Morgan fingerprint density at radius 1 is 1.59 bits per heavy atom. The lowest BCUT2D eigenvalue weighted by molar-refractivity contribution is -0.107. The van der Waals surface area contributed by atoms with Crippen molar-refractivity contribution in [3.05, 3.63) is 33.2 Å². The van der Waals surface area contributed by atoms with E-state index in [9.17, 15) is 5.11 Å². The molecule has 0 aromatic carbocycles. The summed E-state index contributed by atoms with van der Waals surface area (Å²) >= 11 is 3.54. The van der Waals surface area contributed by atoms with Crippen LogP contribution >= 0.6 is 23.1 Å². The zero-order chi connectivity index (χ0) is 19.3. The van der Waals surface area contributed by atoms with Crippen molar-refractivity contribution >= 4 is 29.3 Å². The summed E-state index contributed by atoms with van der Waals surface area (Å²) in [6.45, 7) is 5.84. The molecule has 2 aliphatic heterocycles. The second-order valence-corrected chi connectivity index (χ2v) is 9.52. The van der Waals surface area contributed by atoms with E-state index in [1.54, 1.807) is 11.3 Å². The standard InChI is InChI=1S/C20H31N3O2S2/c1-15-10-20(19-17(3-7-25-20)9-18(14-24)27-19)4-6-23(15)13-16(11-21)12-22-5-8-26-2/h9,11-12,15,21-22,24H,3-8,10,13-14H2,1-2H3/b16-12+,21-11?/t15-,20?/m0/s1.